The van der Waals surface area contributed by atoms with E-state index in [2.05, 4.69) is 34.0 Å². The summed E-state index contributed by atoms with van der Waals surface area (Å²) in [5, 5.41) is 11.8. The normalized spacial score (nSPS) is 9.59. The van der Waals surface area contributed by atoms with Crippen LogP contribution in [0.4, 0.5) is 5.69 Å². The van der Waals surface area contributed by atoms with Gasteiger partial charge in [0.25, 0.3) is 0 Å². The fourth-order valence-corrected chi connectivity index (χ4v) is 2.46. The average molecular weight is 344 g/mol. The molecule has 90 valence electrons. The van der Waals surface area contributed by atoms with E-state index in [1.165, 1.54) is 6.92 Å². The van der Waals surface area contributed by atoms with Crippen molar-refractivity contribution in [3.8, 4) is 11.8 Å². The van der Waals surface area contributed by atoms with Gasteiger partial charge in [0, 0.05) is 6.92 Å². The van der Waals surface area contributed by atoms with Crippen molar-refractivity contribution in [2.24, 2.45) is 0 Å². The lowest BCUT2D eigenvalue weighted by Crippen LogP contribution is -2.10. The van der Waals surface area contributed by atoms with Gasteiger partial charge in [-0.3, -0.25) is 4.79 Å². The average Bonchev–Trinajstić information content (AvgIpc) is 2.23. The minimum absolute atomic E-state index is 0.161. The molecular weight excluding hydrogens is 331 g/mol. The van der Waals surface area contributed by atoms with Gasteiger partial charge in [0.15, 0.2) is 5.75 Å². The largest absolute Gasteiger partial charge is 0.491 e. The van der Waals surface area contributed by atoms with Crippen molar-refractivity contribution in [3.63, 3.8) is 0 Å². The van der Waals surface area contributed by atoms with Gasteiger partial charge in [-0.05, 0) is 48.1 Å². The Labute approximate surface area is 114 Å². The van der Waals surface area contributed by atoms with Crippen LogP contribution in [0.25, 0.3) is 0 Å². The summed E-state index contributed by atoms with van der Waals surface area (Å²) in [5.74, 6) is 0.399. The second-order valence-electron chi connectivity index (χ2n) is 3.49. The maximum atomic E-state index is 11.1. The van der Waals surface area contributed by atoms with E-state index in [1.54, 1.807) is 6.07 Å². The number of ether oxygens (including phenoxy) is 1. The Balaban J connectivity index is 3.39. The van der Waals surface area contributed by atoms with Gasteiger partial charge in [-0.25, -0.2) is 0 Å². The van der Waals surface area contributed by atoms with Crippen LogP contribution in [0.2, 0.25) is 0 Å². The lowest BCUT2D eigenvalue weighted by Gasteiger charge is -2.15. The molecule has 0 fully saturated rings. The van der Waals surface area contributed by atoms with Crippen LogP contribution in [0.15, 0.2) is 6.07 Å². The fourth-order valence-electron chi connectivity index (χ4n) is 1.46. The molecule has 5 heteroatoms. The van der Waals surface area contributed by atoms with Crippen molar-refractivity contribution in [1.82, 2.24) is 0 Å². The molecular formula is C12H13IN2O2. The number of rotatable bonds is 3. The second kappa shape index (κ2) is 5.87. The Hall–Kier alpha value is -1.29. The summed E-state index contributed by atoms with van der Waals surface area (Å²) in [6.07, 6.45) is 0. The summed E-state index contributed by atoms with van der Waals surface area (Å²) in [6, 6.07) is 3.90. The molecule has 0 spiro atoms. The third kappa shape index (κ3) is 3.09. The molecule has 1 aromatic carbocycles. The van der Waals surface area contributed by atoms with E-state index in [1.807, 2.05) is 13.8 Å². The number of hydrogen-bond acceptors (Lipinski definition) is 3. The summed E-state index contributed by atoms with van der Waals surface area (Å²) in [5.41, 5.74) is 2.02. The molecule has 0 bridgehead atoms. The van der Waals surface area contributed by atoms with Crippen molar-refractivity contribution < 1.29 is 9.53 Å². The number of amides is 1. The van der Waals surface area contributed by atoms with Gasteiger partial charge >= 0.3 is 0 Å². The Morgan fingerprint density at radius 2 is 2.29 bits per heavy atom. The molecule has 0 aliphatic heterocycles. The lowest BCUT2D eigenvalue weighted by atomic mass is 10.1. The van der Waals surface area contributed by atoms with Crippen molar-refractivity contribution in [2.75, 3.05) is 11.9 Å². The van der Waals surface area contributed by atoms with E-state index in [0.29, 0.717) is 23.6 Å². The Morgan fingerprint density at radius 1 is 1.65 bits per heavy atom. The first kappa shape index (κ1) is 13.8. The SMILES string of the molecule is CCOc1c(NC(C)=O)cc(C)c(C#N)c1I. The van der Waals surface area contributed by atoms with Crippen LogP contribution in [-0.2, 0) is 4.79 Å². The summed E-state index contributed by atoms with van der Waals surface area (Å²) in [4.78, 5) is 11.1. The van der Waals surface area contributed by atoms with Gasteiger partial charge < -0.3 is 10.1 Å². The van der Waals surface area contributed by atoms with Crippen molar-refractivity contribution >= 4 is 34.2 Å². The first-order valence-corrected chi connectivity index (χ1v) is 6.22. The summed E-state index contributed by atoms with van der Waals surface area (Å²) >= 11 is 2.06. The van der Waals surface area contributed by atoms with E-state index in [9.17, 15) is 4.79 Å². The van der Waals surface area contributed by atoms with E-state index >= 15 is 0 Å². The molecule has 0 unspecified atom stereocenters. The first-order valence-electron chi connectivity index (χ1n) is 5.14. The smallest absolute Gasteiger partial charge is 0.221 e. The molecule has 0 saturated heterocycles. The number of nitrogens with zero attached hydrogens (tertiary/aromatic N) is 1. The predicted octanol–water partition coefficient (Wildman–Crippen LogP) is 2.83. The van der Waals surface area contributed by atoms with E-state index < -0.39 is 0 Å². The van der Waals surface area contributed by atoms with Crippen molar-refractivity contribution in [1.29, 1.82) is 5.26 Å². The number of benzene rings is 1. The van der Waals surface area contributed by atoms with E-state index in [-0.39, 0.29) is 5.91 Å². The van der Waals surface area contributed by atoms with Crippen LogP contribution in [-0.4, -0.2) is 12.5 Å². The molecule has 0 aromatic heterocycles. The number of nitrogens with one attached hydrogen (secondary N) is 1. The van der Waals surface area contributed by atoms with Crippen LogP contribution < -0.4 is 10.1 Å². The number of carbonyl (C=O) groups is 1. The number of carbonyl (C=O) groups excluding carboxylic acids is 1. The third-order valence-corrected chi connectivity index (χ3v) is 3.16. The van der Waals surface area contributed by atoms with Crippen molar-refractivity contribution in [3.05, 3.63) is 20.8 Å². The zero-order valence-corrected chi connectivity index (χ0v) is 12.1. The molecule has 0 aliphatic rings. The molecule has 4 nitrogen and oxygen atoms in total. The molecule has 17 heavy (non-hydrogen) atoms. The number of aryl methyl sites for hydroxylation is 1. The highest BCUT2D eigenvalue weighted by Crippen LogP contribution is 2.35. The van der Waals surface area contributed by atoms with Crippen LogP contribution in [0, 0.1) is 21.8 Å². The molecule has 0 aliphatic carbocycles. The Kier molecular flexibility index (Phi) is 4.75. The Morgan fingerprint density at radius 3 is 2.76 bits per heavy atom. The van der Waals surface area contributed by atoms with E-state index in [0.717, 1.165) is 9.13 Å². The first-order chi connectivity index (χ1) is 8.01. The number of hydrogen-bond donors (Lipinski definition) is 1. The zero-order valence-electron chi connectivity index (χ0n) is 9.93. The molecule has 1 amide bonds. The minimum atomic E-state index is -0.161. The highest BCUT2D eigenvalue weighted by molar-refractivity contribution is 14.1. The van der Waals surface area contributed by atoms with Gasteiger partial charge in [0.1, 0.15) is 6.07 Å². The molecule has 0 saturated carbocycles. The van der Waals surface area contributed by atoms with Gasteiger partial charge in [0.05, 0.1) is 21.4 Å². The fraction of sp³-hybridized carbons (Fsp3) is 0.333. The monoisotopic (exact) mass is 344 g/mol. The highest BCUT2D eigenvalue weighted by atomic mass is 127. The zero-order chi connectivity index (χ0) is 13.0. The van der Waals surface area contributed by atoms with Crippen LogP contribution in [0.3, 0.4) is 0 Å². The molecule has 0 radical (unpaired) electrons. The third-order valence-electron chi connectivity index (χ3n) is 2.13. The number of anilines is 1. The van der Waals surface area contributed by atoms with Crippen LogP contribution in [0.5, 0.6) is 5.75 Å². The number of nitriles is 1. The predicted molar refractivity (Wildman–Crippen MR) is 74.1 cm³/mol. The van der Waals surface area contributed by atoms with Gasteiger partial charge in [-0.2, -0.15) is 5.26 Å². The molecule has 1 aromatic rings. The van der Waals surface area contributed by atoms with Gasteiger partial charge in [-0.15, -0.1) is 0 Å². The topological polar surface area (TPSA) is 62.1 Å². The van der Waals surface area contributed by atoms with Crippen molar-refractivity contribution in [2.45, 2.75) is 20.8 Å². The Bertz CT molecular complexity index is 492. The lowest BCUT2D eigenvalue weighted by molar-refractivity contribution is -0.114. The summed E-state index contributed by atoms with van der Waals surface area (Å²) in [7, 11) is 0. The maximum absolute atomic E-state index is 11.1. The van der Waals surface area contributed by atoms with Crippen LogP contribution >= 0.6 is 22.6 Å². The number of halogens is 1. The highest BCUT2D eigenvalue weighted by Gasteiger charge is 2.16. The standard InChI is InChI=1S/C12H13IN2O2/c1-4-17-12-10(15-8(3)16)5-7(2)9(6-14)11(12)13/h5H,4H2,1-3H3,(H,15,16). The van der Waals surface area contributed by atoms with Gasteiger partial charge in [-0.1, -0.05) is 0 Å². The second-order valence-corrected chi connectivity index (χ2v) is 4.56. The van der Waals surface area contributed by atoms with Gasteiger partial charge in [0.2, 0.25) is 5.91 Å². The minimum Gasteiger partial charge on any atom is -0.491 e. The summed E-state index contributed by atoms with van der Waals surface area (Å²) < 4.78 is 6.22. The van der Waals surface area contributed by atoms with Crippen LogP contribution in [0.1, 0.15) is 25.0 Å². The summed E-state index contributed by atoms with van der Waals surface area (Å²) in [6.45, 7) is 5.62. The molecule has 1 N–H and O–H groups in total. The van der Waals surface area contributed by atoms with E-state index in [4.69, 9.17) is 10.00 Å². The molecule has 1 rings (SSSR count). The molecule has 0 atom stereocenters. The maximum Gasteiger partial charge on any atom is 0.221 e. The molecule has 0 heterocycles. The quantitative estimate of drug-likeness (QED) is 0.858.